The van der Waals surface area contributed by atoms with E-state index < -0.39 is 6.35 Å². The molecule has 2 saturated heterocycles. The van der Waals surface area contributed by atoms with E-state index in [2.05, 4.69) is 22.0 Å². The van der Waals surface area contributed by atoms with Crippen LogP contribution in [0.5, 0.6) is 0 Å². The topological polar surface area (TPSA) is 48.0 Å². The second kappa shape index (κ2) is 10.9. The summed E-state index contributed by atoms with van der Waals surface area (Å²) in [6.45, 7) is 7.52. The van der Waals surface area contributed by atoms with Crippen LogP contribution in [0.15, 0.2) is 0 Å². The van der Waals surface area contributed by atoms with E-state index in [1.807, 2.05) is 0 Å². The summed E-state index contributed by atoms with van der Waals surface area (Å²) >= 11 is 0. The molecule has 1 unspecified atom stereocenters. The molecule has 2 N–H and O–H groups in total. The molecule has 2 heterocycles. The number of nitrogens with one attached hydrogen (secondary N) is 1. The Hall–Kier alpha value is -0.200. The molecule has 0 aromatic heterocycles. The Kier molecular flexibility index (Phi) is 8.27. The van der Waals surface area contributed by atoms with Crippen LogP contribution in [0.25, 0.3) is 0 Å². The normalized spacial score (nSPS) is 38.1. The zero-order valence-electron chi connectivity index (χ0n) is 18.7. The molecule has 3 atom stereocenters. The molecule has 2 aliphatic carbocycles. The highest BCUT2D eigenvalue weighted by molar-refractivity contribution is 4.95. The number of ether oxygens (including phenoxy) is 1. The van der Waals surface area contributed by atoms with E-state index in [1.54, 1.807) is 0 Å². The van der Waals surface area contributed by atoms with E-state index in [-0.39, 0.29) is 0 Å². The van der Waals surface area contributed by atoms with Crippen molar-refractivity contribution in [2.45, 2.75) is 108 Å². The van der Waals surface area contributed by atoms with Crippen LogP contribution in [-0.4, -0.2) is 72.2 Å². The number of hydrogen-bond donors (Lipinski definition) is 2. The van der Waals surface area contributed by atoms with Crippen molar-refractivity contribution in [3.05, 3.63) is 0 Å². The molecule has 5 nitrogen and oxygen atoms in total. The SMILES string of the molecule is CCCOCCC1CCC(N2CCC(N3C(O)NC[C@H]4CCCC[C@@H]43)CC2)CC1. The van der Waals surface area contributed by atoms with Crippen LogP contribution in [0.1, 0.15) is 84.0 Å². The lowest BCUT2D eigenvalue weighted by atomic mass is 9.80. The Morgan fingerprint density at radius 2 is 1.66 bits per heavy atom. The summed E-state index contributed by atoms with van der Waals surface area (Å²) in [5, 5.41) is 14.1. The van der Waals surface area contributed by atoms with Crippen LogP contribution >= 0.6 is 0 Å². The zero-order valence-corrected chi connectivity index (χ0v) is 18.7. The summed E-state index contributed by atoms with van der Waals surface area (Å²) in [4.78, 5) is 5.26. The fourth-order valence-electron chi connectivity index (χ4n) is 6.68. The number of hydrogen-bond acceptors (Lipinski definition) is 5. The molecule has 0 spiro atoms. The third-order valence-electron chi connectivity index (χ3n) is 8.37. The molecule has 0 aromatic rings. The van der Waals surface area contributed by atoms with Crippen molar-refractivity contribution in [2.75, 3.05) is 32.8 Å². The molecule has 2 aliphatic heterocycles. The molecular formula is C24H45N3O2. The Labute approximate surface area is 178 Å². The first-order chi connectivity index (χ1) is 14.3. The van der Waals surface area contributed by atoms with Crippen LogP contribution in [-0.2, 0) is 4.74 Å². The van der Waals surface area contributed by atoms with Crippen molar-refractivity contribution in [3.8, 4) is 0 Å². The first-order valence-corrected chi connectivity index (χ1v) is 12.8. The van der Waals surface area contributed by atoms with E-state index in [0.717, 1.165) is 44.1 Å². The maximum absolute atomic E-state index is 10.7. The third-order valence-corrected chi connectivity index (χ3v) is 8.37. The minimum absolute atomic E-state index is 0.420. The average Bonchev–Trinajstić information content (AvgIpc) is 2.77. The molecule has 0 radical (unpaired) electrons. The molecular weight excluding hydrogens is 362 g/mol. The highest BCUT2D eigenvalue weighted by Gasteiger charge is 2.42. The Bertz CT molecular complexity index is 475. The smallest absolute Gasteiger partial charge is 0.163 e. The van der Waals surface area contributed by atoms with Crippen LogP contribution in [0.3, 0.4) is 0 Å². The molecule has 2 saturated carbocycles. The van der Waals surface area contributed by atoms with Crippen LogP contribution in [0.4, 0.5) is 0 Å². The van der Waals surface area contributed by atoms with Crippen molar-refractivity contribution in [3.63, 3.8) is 0 Å². The molecule has 4 rings (SSSR count). The van der Waals surface area contributed by atoms with E-state index in [4.69, 9.17) is 4.74 Å². The summed E-state index contributed by atoms with van der Waals surface area (Å²) in [6, 6.07) is 1.98. The number of fused-ring (bicyclic) bond motifs is 1. The van der Waals surface area contributed by atoms with Gasteiger partial charge >= 0.3 is 0 Å². The second-order valence-corrected chi connectivity index (χ2v) is 10.2. The van der Waals surface area contributed by atoms with Crippen molar-refractivity contribution in [2.24, 2.45) is 11.8 Å². The number of rotatable bonds is 7. The van der Waals surface area contributed by atoms with Gasteiger partial charge in [0.2, 0.25) is 0 Å². The van der Waals surface area contributed by atoms with Crippen molar-refractivity contribution in [1.29, 1.82) is 0 Å². The van der Waals surface area contributed by atoms with Gasteiger partial charge in [-0.2, -0.15) is 0 Å². The lowest BCUT2D eigenvalue weighted by Crippen LogP contribution is -2.65. The van der Waals surface area contributed by atoms with E-state index in [9.17, 15) is 5.11 Å². The summed E-state index contributed by atoms with van der Waals surface area (Å²) in [5.74, 6) is 1.64. The van der Waals surface area contributed by atoms with Gasteiger partial charge in [-0.1, -0.05) is 19.8 Å². The summed E-state index contributed by atoms with van der Waals surface area (Å²) in [7, 11) is 0. The first-order valence-electron chi connectivity index (χ1n) is 12.8. The van der Waals surface area contributed by atoms with Gasteiger partial charge in [0.25, 0.3) is 0 Å². The zero-order chi connectivity index (χ0) is 20.1. The van der Waals surface area contributed by atoms with Gasteiger partial charge in [-0.05, 0) is 89.1 Å². The van der Waals surface area contributed by atoms with Gasteiger partial charge in [-0.15, -0.1) is 0 Å². The Morgan fingerprint density at radius 3 is 2.41 bits per heavy atom. The molecule has 0 aromatic carbocycles. The summed E-state index contributed by atoms with van der Waals surface area (Å²) in [6.07, 6.45) is 15.3. The molecule has 4 fully saturated rings. The van der Waals surface area contributed by atoms with Gasteiger partial charge in [0.15, 0.2) is 6.35 Å². The Morgan fingerprint density at radius 1 is 0.897 bits per heavy atom. The predicted octanol–water partition coefficient (Wildman–Crippen LogP) is 3.57. The van der Waals surface area contributed by atoms with Crippen LogP contribution in [0.2, 0.25) is 0 Å². The minimum Gasteiger partial charge on any atom is -0.381 e. The molecule has 0 bridgehead atoms. The number of piperidine rings is 1. The predicted molar refractivity (Wildman–Crippen MR) is 118 cm³/mol. The van der Waals surface area contributed by atoms with Crippen molar-refractivity contribution < 1.29 is 9.84 Å². The van der Waals surface area contributed by atoms with E-state index in [0.29, 0.717) is 12.1 Å². The summed E-state index contributed by atoms with van der Waals surface area (Å²) in [5.41, 5.74) is 0. The van der Waals surface area contributed by atoms with E-state index >= 15 is 0 Å². The fraction of sp³-hybridized carbons (Fsp3) is 1.00. The van der Waals surface area contributed by atoms with Crippen molar-refractivity contribution in [1.82, 2.24) is 15.1 Å². The maximum atomic E-state index is 10.7. The van der Waals surface area contributed by atoms with Gasteiger partial charge in [0.05, 0.1) is 0 Å². The van der Waals surface area contributed by atoms with Crippen LogP contribution in [0, 0.1) is 11.8 Å². The van der Waals surface area contributed by atoms with Crippen molar-refractivity contribution >= 4 is 0 Å². The standard InChI is InChI=1S/C24H45N3O2/c1-2-16-29-17-13-19-7-9-21(10-8-19)26-14-11-22(12-15-26)27-23-6-4-3-5-20(23)18-25-24(27)28/h19-25,28H,2-18H2,1H3/t19?,20-,21?,23+,24?/m1/s1. The molecule has 168 valence electrons. The van der Waals surface area contributed by atoms with Gasteiger partial charge in [-0.25, -0.2) is 0 Å². The van der Waals surface area contributed by atoms with Gasteiger partial charge in [0, 0.05) is 37.9 Å². The number of aliphatic hydroxyl groups excluding tert-OH is 1. The lowest BCUT2D eigenvalue weighted by Gasteiger charge is -2.52. The lowest BCUT2D eigenvalue weighted by molar-refractivity contribution is -0.134. The number of nitrogens with zero attached hydrogens (tertiary/aromatic N) is 2. The highest BCUT2D eigenvalue weighted by atomic mass is 16.5. The quantitative estimate of drug-likeness (QED) is 0.632. The second-order valence-electron chi connectivity index (χ2n) is 10.2. The van der Waals surface area contributed by atoms with Gasteiger partial charge in [0.1, 0.15) is 0 Å². The van der Waals surface area contributed by atoms with Crippen LogP contribution < -0.4 is 5.32 Å². The minimum atomic E-state index is -0.420. The molecule has 5 heteroatoms. The van der Waals surface area contributed by atoms with E-state index in [1.165, 1.54) is 83.7 Å². The number of aliphatic hydroxyl groups is 1. The third kappa shape index (κ3) is 5.54. The Balaban J connectivity index is 1.21. The molecule has 29 heavy (non-hydrogen) atoms. The largest absolute Gasteiger partial charge is 0.381 e. The summed E-state index contributed by atoms with van der Waals surface area (Å²) < 4.78 is 5.70. The number of likely N-dealkylation sites (tertiary alicyclic amines) is 1. The van der Waals surface area contributed by atoms with Gasteiger partial charge in [-0.3, -0.25) is 10.2 Å². The molecule has 4 aliphatic rings. The fourth-order valence-corrected chi connectivity index (χ4v) is 6.68. The molecule has 0 amide bonds. The average molecular weight is 408 g/mol. The maximum Gasteiger partial charge on any atom is 0.163 e. The first kappa shape index (κ1) is 22.0. The van der Waals surface area contributed by atoms with Gasteiger partial charge < -0.3 is 14.7 Å². The monoisotopic (exact) mass is 407 g/mol. The highest BCUT2D eigenvalue weighted by Crippen LogP contribution is 2.36.